The second kappa shape index (κ2) is 8.43. The summed E-state index contributed by atoms with van der Waals surface area (Å²) in [6, 6.07) is 17.1. The van der Waals surface area contributed by atoms with Crippen molar-refractivity contribution in [2.24, 2.45) is 0 Å². The fourth-order valence-corrected chi connectivity index (χ4v) is 3.93. The molecule has 0 bridgehead atoms. The molecule has 25 heavy (non-hydrogen) atoms. The highest BCUT2D eigenvalue weighted by molar-refractivity contribution is 7.99. The van der Waals surface area contributed by atoms with Crippen molar-refractivity contribution in [3.8, 4) is 0 Å². The highest BCUT2D eigenvalue weighted by atomic mass is 32.2. The van der Waals surface area contributed by atoms with Crippen LogP contribution in [0.15, 0.2) is 53.4 Å². The average molecular weight is 355 g/mol. The predicted molar refractivity (Wildman–Crippen MR) is 106 cm³/mol. The van der Waals surface area contributed by atoms with Gasteiger partial charge in [0.15, 0.2) is 0 Å². The molecule has 3 nitrogen and oxygen atoms in total. The maximum atomic E-state index is 12.4. The molecule has 1 heterocycles. The summed E-state index contributed by atoms with van der Waals surface area (Å²) >= 11 is 1.76. The van der Waals surface area contributed by atoms with E-state index in [4.69, 9.17) is 0 Å². The third-order valence-electron chi connectivity index (χ3n) is 4.60. The SMILES string of the molecule is Cc1ccc(SCCC(=O)N2CCN(c3cccc(C)c3)CC2)cc1. The molecule has 0 atom stereocenters. The van der Waals surface area contributed by atoms with Crippen LogP contribution in [0.1, 0.15) is 17.5 Å². The lowest BCUT2D eigenvalue weighted by Gasteiger charge is -2.36. The number of aryl methyl sites for hydroxylation is 2. The zero-order chi connectivity index (χ0) is 17.6. The van der Waals surface area contributed by atoms with Gasteiger partial charge in [-0.25, -0.2) is 0 Å². The van der Waals surface area contributed by atoms with Crippen LogP contribution >= 0.6 is 11.8 Å². The molecule has 1 aliphatic heterocycles. The molecule has 0 aliphatic carbocycles. The van der Waals surface area contributed by atoms with E-state index in [0.717, 1.165) is 31.9 Å². The van der Waals surface area contributed by atoms with Crippen LogP contribution in [-0.2, 0) is 4.79 Å². The van der Waals surface area contributed by atoms with Crippen LogP contribution in [0.2, 0.25) is 0 Å². The van der Waals surface area contributed by atoms with Crippen molar-refractivity contribution in [1.82, 2.24) is 4.90 Å². The summed E-state index contributed by atoms with van der Waals surface area (Å²) in [5, 5.41) is 0. The Morgan fingerprint density at radius 3 is 2.36 bits per heavy atom. The largest absolute Gasteiger partial charge is 0.368 e. The van der Waals surface area contributed by atoms with Crippen LogP contribution in [0, 0.1) is 13.8 Å². The molecule has 132 valence electrons. The van der Waals surface area contributed by atoms with Gasteiger partial charge in [-0.15, -0.1) is 11.8 Å². The van der Waals surface area contributed by atoms with Gasteiger partial charge in [-0.05, 0) is 43.7 Å². The van der Waals surface area contributed by atoms with E-state index in [9.17, 15) is 4.79 Å². The van der Waals surface area contributed by atoms with Crippen molar-refractivity contribution >= 4 is 23.4 Å². The Morgan fingerprint density at radius 1 is 0.960 bits per heavy atom. The molecule has 0 radical (unpaired) electrons. The van der Waals surface area contributed by atoms with Gasteiger partial charge >= 0.3 is 0 Å². The molecule has 2 aromatic rings. The number of hydrogen-bond acceptors (Lipinski definition) is 3. The molecule has 1 amide bonds. The van der Waals surface area contributed by atoms with Crippen LogP contribution < -0.4 is 4.90 Å². The van der Waals surface area contributed by atoms with E-state index < -0.39 is 0 Å². The number of piperazine rings is 1. The number of carbonyl (C=O) groups excluding carboxylic acids is 1. The number of amides is 1. The van der Waals surface area contributed by atoms with Crippen molar-refractivity contribution in [2.45, 2.75) is 25.2 Å². The van der Waals surface area contributed by atoms with Gasteiger partial charge in [0.25, 0.3) is 0 Å². The lowest BCUT2D eigenvalue weighted by molar-refractivity contribution is -0.131. The van der Waals surface area contributed by atoms with E-state index in [1.807, 2.05) is 4.90 Å². The van der Waals surface area contributed by atoms with Gasteiger partial charge in [0.05, 0.1) is 0 Å². The first-order chi connectivity index (χ1) is 12.1. The Kier molecular flexibility index (Phi) is 6.03. The molecule has 0 spiro atoms. The maximum Gasteiger partial charge on any atom is 0.223 e. The van der Waals surface area contributed by atoms with Crippen LogP contribution in [0.3, 0.4) is 0 Å². The number of thioether (sulfide) groups is 1. The molecular formula is C21H26N2OS. The van der Waals surface area contributed by atoms with Crippen LogP contribution in [0.4, 0.5) is 5.69 Å². The monoisotopic (exact) mass is 354 g/mol. The lowest BCUT2D eigenvalue weighted by atomic mass is 10.2. The summed E-state index contributed by atoms with van der Waals surface area (Å²) < 4.78 is 0. The maximum absolute atomic E-state index is 12.4. The first kappa shape index (κ1) is 17.9. The molecule has 0 N–H and O–H groups in total. The second-order valence-electron chi connectivity index (χ2n) is 6.62. The molecule has 0 saturated carbocycles. The second-order valence-corrected chi connectivity index (χ2v) is 7.79. The van der Waals surface area contributed by atoms with E-state index in [0.29, 0.717) is 6.42 Å². The summed E-state index contributed by atoms with van der Waals surface area (Å²) in [7, 11) is 0. The minimum Gasteiger partial charge on any atom is -0.368 e. The molecule has 0 aromatic heterocycles. The standard InChI is InChI=1S/C21H26N2OS/c1-17-6-8-20(9-7-17)25-15-10-21(24)23-13-11-22(12-14-23)19-5-3-4-18(2)16-19/h3-9,16H,10-15H2,1-2H3. The highest BCUT2D eigenvalue weighted by Crippen LogP contribution is 2.21. The van der Waals surface area contributed by atoms with E-state index in [1.54, 1.807) is 11.8 Å². The Morgan fingerprint density at radius 2 is 1.68 bits per heavy atom. The van der Waals surface area contributed by atoms with Gasteiger partial charge in [-0.1, -0.05) is 29.8 Å². The zero-order valence-electron chi connectivity index (χ0n) is 15.1. The number of benzene rings is 2. The molecular weight excluding hydrogens is 328 g/mol. The molecule has 1 fully saturated rings. The molecule has 4 heteroatoms. The number of nitrogens with zero attached hydrogens (tertiary/aromatic N) is 2. The Bertz CT molecular complexity index is 706. The minimum atomic E-state index is 0.281. The van der Waals surface area contributed by atoms with Crippen LogP contribution in [0.5, 0.6) is 0 Å². The zero-order valence-corrected chi connectivity index (χ0v) is 15.9. The smallest absolute Gasteiger partial charge is 0.223 e. The summed E-state index contributed by atoms with van der Waals surface area (Å²) in [5.41, 5.74) is 3.82. The van der Waals surface area contributed by atoms with E-state index in [-0.39, 0.29) is 5.91 Å². The van der Waals surface area contributed by atoms with Gasteiger partial charge in [-0.3, -0.25) is 4.79 Å². The fraction of sp³-hybridized carbons (Fsp3) is 0.381. The summed E-state index contributed by atoms with van der Waals surface area (Å²) in [6.07, 6.45) is 0.614. The summed E-state index contributed by atoms with van der Waals surface area (Å²) in [6.45, 7) is 7.69. The van der Waals surface area contributed by atoms with Crippen molar-refractivity contribution < 1.29 is 4.79 Å². The van der Waals surface area contributed by atoms with Gasteiger partial charge < -0.3 is 9.80 Å². The number of anilines is 1. The van der Waals surface area contributed by atoms with E-state index in [1.165, 1.54) is 21.7 Å². The summed E-state index contributed by atoms with van der Waals surface area (Å²) in [4.78, 5) is 18.1. The van der Waals surface area contributed by atoms with Crippen LogP contribution in [-0.4, -0.2) is 42.7 Å². The van der Waals surface area contributed by atoms with Crippen LogP contribution in [0.25, 0.3) is 0 Å². The van der Waals surface area contributed by atoms with Gasteiger partial charge in [0.2, 0.25) is 5.91 Å². The van der Waals surface area contributed by atoms with Crippen molar-refractivity contribution in [3.63, 3.8) is 0 Å². The molecule has 3 rings (SSSR count). The van der Waals surface area contributed by atoms with Gasteiger partial charge in [0.1, 0.15) is 0 Å². The third kappa shape index (κ3) is 5.02. The van der Waals surface area contributed by atoms with Crippen molar-refractivity contribution in [1.29, 1.82) is 0 Å². The Labute approximate surface area is 155 Å². The van der Waals surface area contributed by atoms with E-state index >= 15 is 0 Å². The predicted octanol–water partition coefficient (Wildman–Crippen LogP) is 4.13. The Hall–Kier alpha value is -1.94. The molecule has 2 aromatic carbocycles. The molecule has 0 unspecified atom stereocenters. The number of hydrogen-bond donors (Lipinski definition) is 0. The molecule has 1 aliphatic rings. The van der Waals surface area contributed by atoms with Gasteiger partial charge in [-0.2, -0.15) is 0 Å². The van der Waals surface area contributed by atoms with Crippen molar-refractivity contribution in [3.05, 3.63) is 59.7 Å². The average Bonchev–Trinajstić information content (AvgIpc) is 2.63. The first-order valence-electron chi connectivity index (χ1n) is 8.91. The normalized spacial score (nSPS) is 14.6. The highest BCUT2D eigenvalue weighted by Gasteiger charge is 2.21. The topological polar surface area (TPSA) is 23.6 Å². The van der Waals surface area contributed by atoms with E-state index in [2.05, 4.69) is 67.3 Å². The molecule has 1 saturated heterocycles. The van der Waals surface area contributed by atoms with Gasteiger partial charge in [0, 0.05) is 48.9 Å². The summed E-state index contributed by atoms with van der Waals surface area (Å²) in [5.74, 6) is 1.13. The first-order valence-corrected chi connectivity index (χ1v) is 9.89. The van der Waals surface area contributed by atoms with Crippen molar-refractivity contribution in [2.75, 3.05) is 36.8 Å². The number of carbonyl (C=O) groups is 1. The minimum absolute atomic E-state index is 0.281. The lowest BCUT2D eigenvalue weighted by Crippen LogP contribution is -2.48. The quantitative estimate of drug-likeness (QED) is 0.754. The fourth-order valence-electron chi connectivity index (χ4n) is 3.09. The Balaban J connectivity index is 1.43. The third-order valence-corrected chi connectivity index (χ3v) is 5.62. The number of rotatable bonds is 5.